The van der Waals surface area contributed by atoms with Gasteiger partial charge in [-0.05, 0) is 53.3 Å². The minimum absolute atomic E-state index is 0.0644. The Morgan fingerprint density at radius 2 is 1.59 bits per heavy atom. The van der Waals surface area contributed by atoms with Crippen LogP contribution in [0.15, 0.2) is 72.8 Å². The lowest BCUT2D eigenvalue weighted by Crippen LogP contribution is -2.50. The van der Waals surface area contributed by atoms with Crippen molar-refractivity contribution >= 4 is 23.7 Å². The second-order valence-corrected chi connectivity index (χ2v) is 8.75. The van der Waals surface area contributed by atoms with Gasteiger partial charge < -0.3 is 20.1 Å². The van der Waals surface area contributed by atoms with Gasteiger partial charge in [0.05, 0.1) is 5.56 Å². The molecular weight excluding hydrogens is 432 g/mol. The van der Waals surface area contributed by atoms with Gasteiger partial charge in [0.15, 0.2) is 0 Å². The molecule has 0 bridgehead atoms. The largest absolute Gasteiger partial charge is 0.478 e. The lowest BCUT2D eigenvalue weighted by molar-refractivity contribution is -0.121. The molecule has 2 aliphatic carbocycles. The molecule has 34 heavy (non-hydrogen) atoms. The number of carboxylic acid groups (broad SMARTS) is 1. The van der Waals surface area contributed by atoms with Gasteiger partial charge in [-0.15, -0.1) is 0 Å². The van der Waals surface area contributed by atoms with Crippen LogP contribution in [-0.4, -0.2) is 42.3 Å². The van der Waals surface area contributed by atoms with Crippen LogP contribution in [0.25, 0.3) is 11.1 Å². The van der Waals surface area contributed by atoms with Crippen LogP contribution in [0.3, 0.4) is 0 Å². The number of carbonyl (C=O) groups is 3. The first kappa shape index (κ1) is 21.7. The van der Waals surface area contributed by atoms with E-state index in [1.807, 2.05) is 36.4 Å². The number of anilines is 1. The van der Waals surface area contributed by atoms with Gasteiger partial charge in [0.1, 0.15) is 12.1 Å². The van der Waals surface area contributed by atoms with Crippen LogP contribution in [0.5, 0.6) is 0 Å². The number of carboxylic acids is 1. The van der Waals surface area contributed by atoms with Gasteiger partial charge in [0.25, 0.3) is 5.91 Å². The maximum absolute atomic E-state index is 13.1. The molecule has 0 spiro atoms. The number of ether oxygens (including phenoxy) is 1. The van der Waals surface area contributed by atoms with Crippen LogP contribution in [0, 0.1) is 0 Å². The molecule has 1 fully saturated rings. The Hall–Kier alpha value is -4.13. The normalized spacial score (nSPS) is 15.1. The number of benzene rings is 3. The molecule has 5 rings (SSSR count). The highest BCUT2D eigenvalue weighted by Gasteiger charge is 2.53. The molecule has 0 unspecified atom stereocenters. The molecule has 2 N–H and O–H groups in total. The second kappa shape index (κ2) is 8.33. The summed E-state index contributed by atoms with van der Waals surface area (Å²) in [6.07, 6.45) is 0.359. The topological polar surface area (TPSA) is 95.9 Å². The van der Waals surface area contributed by atoms with E-state index in [2.05, 4.69) is 17.4 Å². The van der Waals surface area contributed by atoms with Gasteiger partial charge in [0.2, 0.25) is 0 Å². The molecule has 0 radical (unpaired) electrons. The Morgan fingerprint density at radius 3 is 2.18 bits per heavy atom. The van der Waals surface area contributed by atoms with E-state index < -0.39 is 17.6 Å². The highest BCUT2D eigenvalue weighted by molar-refractivity contribution is 6.04. The van der Waals surface area contributed by atoms with Crippen molar-refractivity contribution < 1.29 is 24.2 Å². The van der Waals surface area contributed by atoms with Crippen molar-refractivity contribution in [2.45, 2.75) is 24.3 Å². The van der Waals surface area contributed by atoms with Crippen molar-refractivity contribution in [3.05, 3.63) is 89.5 Å². The third-order valence-corrected chi connectivity index (χ3v) is 6.63. The molecule has 0 aliphatic heterocycles. The summed E-state index contributed by atoms with van der Waals surface area (Å²) in [5.41, 5.74) is 4.03. The van der Waals surface area contributed by atoms with E-state index >= 15 is 0 Å². The number of alkyl carbamates (subject to hydrolysis) is 1. The number of amides is 2. The van der Waals surface area contributed by atoms with E-state index in [0.29, 0.717) is 18.5 Å². The molecule has 7 heteroatoms. The lowest BCUT2D eigenvalue weighted by atomic mass is 9.98. The van der Waals surface area contributed by atoms with E-state index in [1.165, 1.54) is 17.0 Å². The van der Waals surface area contributed by atoms with Crippen LogP contribution in [-0.2, 0) is 9.53 Å². The fraction of sp³-hybridized carbons (Fsp3) is 0.222. The first-order valence-corrected chi connectivity index (χ1v) is 11.1. The Morgan fingerprint density at radius 1 is 0.971 bits per heavy atom. The molecule has 3 aromatic rings. The molecule has 0 atom stereocenters. The summed E-state index contributed by atoms with van der Waals surface area (Å²) in [5, 5.41) is 12.0. The number of fused-ring (bicyclic) bond motifs is 3. The fourth-order valence-corrected chi connectivity index (χ4v) is 4.63. The van der Waals surface area contributed by atoms with Crippen LogP contribution < -0.4 is 10.2 Å². The predicted molar refractivity (Wildman–Crippen MR) is 127 cm³/mol. The molecular formula is C27H24N2O5. The van der Waals surface area contributed by atoms with E-state index in [-0.39, 0.29) is 24.0 Å². The van der Waals surface area contributed by atoms with Crippen LogP contribution in [0.2, 0.25) is 0 Å². The van der Waals surface area contributed by atoms with Crippen LogP contribution >= 0.6 is 0 Å². The molecule has 2 amide bonds. The molecule has 0 saturated heterocycles. The zero-order valence-electron chi connectivity index (χ0n) is 18.7. The highest BCUT2D eigenvalue weighted by Crippen LogP contribution is 2.44. The van der Waals surface area contributed by atoms with E-state index in [4.69, 9.17) is 4.74 Å². The number of rotatable bonds is 6. The Kier molecular flexibility index (Phi) is 5.32. The summed E-state index contributed by atoms with van der Waals surface area (Å²) in [6, 6.07) is 22.3. The van der Waals surface area contributed by atoms with Gasteiger partial charge in [-0.25, -0.2) is 9.59 Å². The molecule has 1 saturated carbocycles. The fourth-order valence-electron chi connectivity index (χ4n) is 4.63. The van der Waals surface area contributed by atoms with Crippen molar-refractivity contribution in [1.29, 1.82) is 0 Å². The van der Waals surface area contributed by atoms with Crippen LogP contribution in [0.1, 0.15) is 40.2 Å². The van der Waals surface area contributed by atoms with E-state index in [9.17, 15) is 19.5 Å². The van der Waals surface area contributed by atoms with Crippen molar-refractivity contribution in [2.75, 3.05) is 18.6 Å². The maximum Gasteiger partial charge on any atom is 0.408 e. The number of likely N-dealkylation sites (N-methyl/N-ethyl adjacent to an activating group) is 1. The highest BCUT2D eigenvalue weighted by atomic mass is 16.5. The maximum atomic E-state index is 13.1. The van der Waals surface area contributed by atoms with Gasteiger partial charge in [-0.3, -0.25) is 4.79 Å². The number of aromatic carboxylic acids is 1. The van der Waals surface area contributed by atoms with Crippen molar-refractivity contribution in [2.24, 2.45) is 0 Å². The molecule has 172 valence electrons. The summed E-state index contributed by atoms with van der Waals surface area (Å²) in [4.78, 5) is 38.5. The van der Waals surface area contributed by atoms with Crippen LogP contribution in [0.4, 0.5) is 10.5 Å². The number of carbonyl (C=O) groups excluding carboxylic acids is 2. The standard InChI is InChI=1S/C27H24N2O5/c1-29(18-8-6-7-17(15-18)24(30)31)25(32)27(13-14-27)28-26(33)34-16-23-21-11-4-2-9-19(21)20-10-3-5-12-22(20)23/h2-12,15,23H,13-14,16H2,1H3,(H,28,33)(H,30,31). The van der Waals surface area contributed by atoms with E-state index in [1.54, 1.807) is 19.2 Å². The summed E-state index contributed by atoms with van der Waals surface area (Å²) < 4.78 is 5.60. The smallest absolute Gasteiger partial charge is 0.408 e. The number of hydrogen-bond donors (Lipinski definition) is 2. The zero-order valence-corrected chi connectivity index (χ0v) is 18.7. The SMILES string of the molecule is CN(C(=O)C1(NC(=O)OCC2c3ccccc3-c3ccccc32)CC1)c1cccc(C(=O)O)c1. The second-order valence-electron chi connectivity index (χ2n) is 8.75. The van der Waals surface area contributed by atoms with Gasteiger partial charge >= 0.3 is 12.1 Å². The minimum atomic E-state index is -1.07. The van der Waals surface area contributed by atoms with Gasteiger partial charge in [-0.2, -0.15) is 0 Å². The van der Waals surface area contributed by atoms with Gasteiger partial charge in [-0.1, -0.05) is 54.6 Å². The van der Waals surface area contributed by atoms with Gasteiger partial charge in [0, 0.05) is 18.7 Å². The molecule has 3 aromatic carbocycles. The Labute approximate surface area is 197 Å². The third-order valence-electron chi connectivity index (χ3n) is 6.63. The van der Waals surface area contributed by atoms with Crippen molar-refractivity contribution in [3.8, 4) is 11.1 Å². The average Bonchev–Trinajstić information content (AvgIpc) is 3.57. The van der Waals surface area contributed by atoms with E-state index in [0.717, 1.165) is 22.3 Å². The molecule has 2 aliphatic rings. The third kappa shape index (κ3) is 3.79. The minimum Gasteiger partial charge on any atom is -0.478 e. The first-order chi connectivity index (χ1) is 16.4. The number of nitrogens with zero attached hydrogens (tertiary/aromatic N) is 1. The van der Waals surface area contributed by atoms with Crippen molar-refractivity contribution in [3.63, 3.8) is 0 Å². The predicted octanol–water partition coefficient (Wildman–Crippen LogP) is 4.42. The average molecular weight is 456 g/mol. The summed E-state index contributed by atoms with van der Waals surface area (Å²) >= 11 is 0. The zero-order chi connectivity index (χ0) is 23.9. The molecule has 0 heterocycles. The monoisotopic (exact) mass is 456 g/mol. The summed E-state index contributed by atoms with van der Waals surface area (Å²) in [7, 11) is 1.57. The number of hydrogen-bond acceptors (Lipinski definition) is 4. The summed E-state index contributed by atoms with van der Waals surface area (Å²) in [6.45, 7) is 0.167. The number of nitrogens with one attached hydrogen (secondary N) is 1. The first-order valence-electron chi connectivity index (χ1n) is 11.1. The lowest BCUT2D eigenvalue weighted by Gasteiger charge is -2.25. The summed E-state index contributed by atoms with van der Waals surface area (Å²) in [5.74, 6) is -1.44. The Bertz CT molecular complexity index is 1250. The van der Waals surface area contributed by atoms with Crippen molar-refractivity contribution in [1.82, 2.24) is 5.32 Å². The molecule has 0 aromatic heterocycles. The Balaban J connectivity index is 1.26. The quantitative estimate of drug-likeness (QED) is 0.573. The molecule has 7 nitrogen and oxygen atoms in total.